The normalized spacial score (nSPS) is 15.2. The van der Waals surface area contributed by atoms with Gasteiger partial charge in [0, 0.05) is 17.1 Å². The Kier molecular flexibility index (Phi) is 7.98. The Labute approximate surface area is 205 Å². The maximum absolute atomic E-state index is 14.0. The summed E-state index contributed by atoms with van der Waals surface area (Å²) in [7, 11) is 0. The quantitative estimate of drug-likeness (QED) is 0.170. The van der Waals surface area contributed by atoms with Gasteiger partial charge in [-0.2, -0.15) is 0 Å². The van der Waals surface area contributed by atoms with Gasteiger partial charge in [-0.1, -0.05) is 75.4 Å². The SMILES string of the molecule is CCCCCCCCCSc1nc2sc3c(c2c(=O)n1-c1ccccc1C)CC(C)(C)OC3. The van der Waals surface area contributed by atoms with Crippen LogP contribution in [-0.2, 0) is 17.8 Å². The molecule has 178 valence electrons. The Balaban J connectivity index is 1.65. The molecule has 0 atom stereocenters. The molecule has 2 aromatic heterocycles. The summed E-state index contributed by atoms with van der Waals surface area (Å²) in [5.74, 6) is 0.985. The molecule has 0 N–H and O–H groups in total. The molecule has 1 aliphatic rings. The molecule has 4 nitrogen and oxygen atoms in total. The molecule has 0 spiro atoms. The lowest BCUT2D eigenvalue weighted by molar-refractivity contribution is -0.0379. The molecule has 0 bridgehead atoms. The molecule has 0 amide bonds. The fourth-order valence-electron chi connectivity index (χ4n) is 4.52. The van der Waals surface area contributed by atoms with Crippen molar-refractivity contribution < 1.29 is 4.74 Å². The molecule has 1 aromatic carbocycles. The summed E-state index contributed by atoms with van der Waals surface area (Å²) in [6, 6.07) is 8.13. The van der Waals surface area contributed by atoms with E-state index in [0.29, 0.717) is 6.61 Å². The fourth-order valence-corrected chi connectivity index (χ4v) is 6.67. The summed E-state index contributed by atoms with van der Waals surface area (Å²) in [6.07, 6.45) is 9.75. The van der Waals surface area contributed by atoms with Crippen LogP contribution in [0.25, 0.3) is 15.9 Å². The number of benzene rings is 1. The molecule has 6 heteroatoms. The predicted octanol–water partition coefficient (Wildman–Crippen LogP) is 7.45. The van der Waals surface area contributed by atoms with Crippen LogP contribution < -0.4 is 5.56 Å². The number of aromatic nitrogens is 2. The number of fused-ring (bicyclic) bond motifs is 3. The minimum atomic E-state index is -0.258. The number of hydrogen-bond acceptors (Lipinski definition) is 5. The zero-order valence-corrected chi connectivity index (χ0v) is 22.0. The number of ether oxygens (including phenoxy) is 1. The van der Waals surface area contributed by atoms with Crippen molar-refractivity contribution >= 4 is 33.3 Å². The van der Waals surface area contributed by atoms with E-state index in [1.807, 2.05) is 22.8 Å². The number of hydrogen-bond donors (Lipinski definition) is 0. The second-order valence-corrected chi connectivity index (χ2v) is 11.8. The highest BCUT2D eigenvalue weighted by Crippen LogP contribution is 2.38. The van der Waals surface area contributed by atoms with Crippen molar-refractivity contribution in [2.75, 3.05) is 5.75 Å². The van der Waals surface area contributed by atoms with Crippen LogP contribution in [0.2, 0.25) is 0 Å². The van der Waals surface area contributed by atoms with Gasteiger partial charge in [0.15, 0.2) is 5.16 Å². The Morgan fingerprint density at radius 3 is 2.61 bits per heavy atom. The van der Waals surface area contributed by atoms with Crippen LogP contribution in [0.1, 0.15) is 81.7 Å². The van der Waals surface area contributed by atoms with Gasteiger partial charge in [0.05, 0.1) is 23.3 Å². The van der Waals surface area contributed by atoms with Gasteiger partial charge in [0.1, 0.15) is 4.83 Å². The maximum Gasteiger partial charge on any atom is 0.267 e. The first-order chi connectivity index (χ1) is 15.9. The molecule has 0 unspecified atom stereocenters. The van der Waals surface area contributed by atoms with Crippen molar-refractivity contribution in [1.82, 2.24) is 9.55 Å². The van der Waals surface area contributed by atoms with E-state index in [4.69, 9.17) is 9.72 Å². The van der Waals surface area contributed by atoms with Crippen LogP contribution in [0.3, 0.4) is 0 Å². The minimum absolute atomic E-state index is 0.0616. The lowest BCUT2D eigenvalue weighted by Crippen LogP contribution is -2.32. The molecule has 4 rings (SSSR count). The number of nitrogens with zero attached hydrogens (tertiary/aromatic N) is 2. The van der Waals surface area contributed by atoms with E-state index in [1.54, 1.807) is 23.1 Å². The van der Waals surface area contributed by atoms with Gasteiger partial charge in [-0.3, -0.25) is 9.36 Å². The van der Waals surface area contributed by atoms with E-state index in [1.165, 1.54) is 38.5 Å². The Hall–Kier alpha value is -1.63. The first kappa shape index (κ1) is 24.5. The molecular formula is C27H36N2O2S2. The third-order valence-electron chi connectivity index (χ3n) is 6.41. The summed E-state index contributed by atoms with van der Waals surface area (Å²) in [4.78, 5) is 21.0. The summed E-state index contributed by atoms with van der Waals surface area (Å²) in [6.45, 7) is 9.08. The number of rotatable bonds is 10. The second kappa shape index (κ2) is 10.7. The van der Waals surface area contributed by atoms with Crippen molar-refractivity contribution in [3.63, 3.8) is 0 Å². The molecule has 33 heavy (non-hydrogen) atoms. The smallest absolute Gasteiger partial charge is 0.267 e. The van der Waals surface area contributed by atoms with Crippen molar-refractivity contribution in [3.8, 4) is 5.69 Å². The van der Waals surface area contributed by atoms with Gasteiger partial charge in [0.25, 0.3) is 5.56 Å². The summed E-state index contributed by atoms with van der Waals surface area (Å²) < 4.78 is 7.88. The molecule has 3 aromatic rings. The van der Waals surface area contributed by atoms with Crippen molar-refractivity contribution in [2.45, 2.75) is 96.4 Å². The molecule has 0 radical (unpaired) electrons. The first-order valence-electron chi connectivity index (χ1n) is 12.3. The lowest BCUT2D eigenvalue weighted by Gasteiger charge is -2.30. The van der Waals surface area contributed by atoms with Crippen LogP contribution in [0.5, 0.6) is 0 Å². The third-order valence-corrected chi connectivity index (χ3v) is 8.53. The van der Waals surface area contributed by atoms with E-state index in [9.17, 15) is 4.79 Å². The first-order valence-corrected chi connectivity index (χ1v) is 14.1. The molecule has 3 heterocycles. The van der Waals surface area contributed by atoms with E-state index in [-0.39, 0.29) is 11.2 Å². The average molecular weight is 485 g/mol. The molecule has 1 aliphatic heterocycles. The van der Waals surface area contributed by atoms with E-state index in [2.05, 4.69) is 33.8 Å². The van der Waals surface area contributed by atoms with Crippen molar-refractivity contribution in [1.29, 1.82) is 0 Å². The summed E-state index contributed by atoms with van der Waals surface area (Å²) in [5.41, 5.74) is 2.96. The van der Waals surface area contributed by atoms with Crippen LogP contribution in [-0.4, -0.2) is 20.9 Å². The number of thiophene rings is 1. The monoisotopic (exact) mass is 484 g/mol. The largest absolute Gasteiger partial charge is 0.370 e. The Morgan fingerprint density at radius 1 is 1.12 bits per heavy atom. The van der Waals surface area contributed by atoms with Gasteiger partial charge in [0.2, 0.25) is 0 Å². The highest BCUT2D eigenvalue weighted by atomic mass is 32.2. The second-order valence-electron chi connectivity index (χ2n) is 9.70. The number of unbranched alkanes of at least 4 members (excludes halogenated alkanes) is 6. The van der Waals surface area contributed by atoms with E-state index >= 15 is 0 Å². The van der Waals surface area contributed by atoms with Gasteiger partial charge < -0.3 is 4.74 Å². The van der Waals surface area contributed by atoms with Crippen LogP contribution in [0.4, 0.5) is 0 Å². The lowest BCUT2D eigenvalue weighted by atomic mass is 9.94. The maximum atomic E-state index is 14.0. The van der Waals surface area contributed by atoms with E-state index in [0.717, 1.165) is 55.7 Å². The van der Waals surface area contributed by atoms with Crippen molar-refractivity contribution in [3.05, 3.63) is 50.6 Å². The Morgan fingerprint density at radius 2 is 1.85 bits per heavy atom. The van der Waals surface area contributed by atoms with Gasteiger partial charge >= 0.3 is 0 Å². The third kappa shape index (κ3) is 5.55. The van der Waals surface area contributed by atoms with Crippen molar-refractivity contribution in [2.24, 2.45) is 0 Å². The molecule has 0 saturated heterocycles. The topological polar surface area (TPSA) is 44.1 Å². The van der Waals surface area contributed by atoms with Gasteiger partial charge in [-0.15, -0.1) is 11.3 Å². The van der Waals surface area contributed by atoms with Crippen LogP contribution in [0, 0.1) is 6.92 Å². The van der Waals surface area contributed by atoms with Gasteiger partial charge in [-0.05, 0) is 44.4 Å². The number of aryl methyl sites for hydroxylation is 1. The highest BCUT2D eigenvalue weighted by molar-refractivity contribution is 7.99. The number of para-hydroxylation sites is 1. The zero-order chi connectivity index (χ0) is 23.4. The predicted molar refractivity (Wildman–Crippen MR) is 141 cm³/mol. The van der Waals surface area contributed by atoms with E-state index < -0.39 is 0 Å². The fraction of sp³-hybridized carbons (Fsp3) is 0.556. The summed E-state index contributed by atoms with van der Waals surface area (Å²) in [5, 5.41) is 1.60. The average Bonchev–Trinajstić information content (AvgIpc) is 3.13. The zero-order valence-electron chi connectivity index (χ0n) is 20.4. The number of thioether (sulfide) groups is 1. The van der Waals surface area contributed by atoms with Crippen LogP contribution in [0.15, 0.2) is 34.2 Å². The summed E-state index contributed by atoms with van der Waals surface area (Å²) >= 11 is 3.35. The molecule has 0 aliphatic carbocycles. The van der Waals surface area contributed by atoms with Crippen LogP contribution >= 0.6 is 23.1 Å². The molecule has 0 fully saturated rings. The molecule has 0 saturated carbocycles. The standard InChI is InChI=1S/C27H36N2O2S2/c1-5-6-7-8-9-10-13-16-32-26-28-24-23(20-17-27(3,4)31-18-22(20)33-24)25(30)29(26)21-15-12-11-14-19(21)2/h11-12,14-15H,5-10,13,16-18H2,1-4H3. The Bertz CT molecular complexity index is 1160. The highest BCUT2D eigenvalue weighted by Gasteiger charge is 2.31. The van der Waals surface area contributed by atoms with Gasteiger partial charge in [-0.25, -0.2) is 4.98 Å². The minimum Gasteiger partial charge on any atom is -0.370 e. The molecular weight excluding hydrogens is 448 g/mol.